The van der Waals surface area contributed by atoms with Crippen molar-refractivity contribution >= 4 is 17.5 Å². The topological polar surface area (TPSA) is 51.0 Å². The Morgan fingerprint density at radius 1 is 1.08 bits per heavy atom. The van der Waals surface area contributed by atoms with Crippen molar-refractivity contribution in [2.45, 2.75) is 19.5 Å². The molecule has 25 heavy (non-hydrogen) atoms. The Balaban J connectivity index is 1.47. The maximum atomic E-state index is 12.7. The van der Waals surface area contributed by atoms with Crippen LogP contribution in [0.4, 0.5) is 0 Å². The molecule has 1 amide bonds. The molecule has 0 fully saturated rings. The molecule has 4 rings (SSSR count). The van der Waals surface area contributed by atoms with E-state index in [1.165, 1.54) is 11.1 Å². The Morgan fingerprint density at radius 3 is 2.64 bits per heavy atom. The Morgan fingerprint density at radius 2 is 1.84 bits per heavy atom. The van der Waals surface area contributed by atoms with Gasteiger partial charge in [0.05, 0.1) is 12.7 Å². The number of nitrogens with zero attached hydrogens (tertiary/aromatic N) is 4. The van der Waals surface area contributed by atoms with Gasteiger partial charge in [-0.3, -0.25) is 4.79 Å². The first kappa shape index (κ1) is 15.8. The van der Waals surface area contributed by atoms with Crippen LogP contribution in [0.25, 0.3) is 0 Å². The van der Waals surface area contributed by atoms with Gasteiger partial charge in [0, 0.05) is 18.1 Å². The maximum Gasteiger partial charge on any atom is 0.276 e. The fraction of sp³-hybridized carbons (Fsp3) is 0.211. The van der Waals surface area contributed by atoms with Crippen molar-refractivity contribution in [1.29, 1.82) is 0 Å². The lowest BCUT2D eigenvalue weighted by molar-refractivity contribution is 0.0728. The lowest BCUT2D eigenvalue weighted by Crippen LogP contribution is -2.36. The number of aromatic nitrogens is 3. The third kappa shape index (κ3) is 3.42. The maximum absolute atomic E-state index is 12.7. The van der Waals surface area contributed by atoms with Crippen molar-refractivity contribution < 1.29 is 4.79 Å². The number of fused-ring (bicyclic) bond motifs is 1. The zero-order valence-corrected chi connectivity index (χ0v) is 14.4. The lowest BCUT2D eigenvalue weighted by Gasteiger charge is -2.28. The highest BCUT2D eigenvalue weighted by molar-refractivity contribution is 6.30. The summed E-state index contributed by atoms with van der Waals surface area (Å²) >= 11 is 5.90. The van der Waals surface area contributed by atoms with Crippen molar-refractivity contribution in [3.8, 4) is 0 Å². The molecule has 2 heterocycles. The molecule has 6 heteroatoms. The third-order valence-electron chi connectivity index (χ3n) is 4.43. The first-order valence-corrected chi connectivity index (χ1v) is 8.57. The number of carbonyl (C=O) groups is 1. The molecule has 5 nitrogen and oxygen atoms in total. The van der Waals surface area contributed by atoms with Crippen LogP contribution < -0.4 is 0 Å². The van der Waals surface area contributed by atoms with Gasteiger partial charge in [-0.15, -0.1) is 5.10 Å². The predicted molar refractivity (Wildman–Crippen MR) is 95.5 cm³/mol. The van der Waals surface area contributed by atoms with E-state index in [-0.39, 0.29) is 5.91 Å². The molecule has 0 radical (unpaired) electrons. The first-order valence-electron chi connectivity index (χ1n) is 8.20. The van der Waals surface area contributed by atoms with E-state index in [0.29, 0.717) is 30.4 Å². The molecule has 1 aliphatic rings. The van der Waals surface area contributed by atoms with E-state index in [0.717, 1.165) is 12.0 Å². The summed E-state index contributed by atoms with van der Waals surface area (Å²) in [5.41, 5.74) is 3.96. The van der Waals surface area contributed by atoms with Gasteiger partial charge in [-0.25, -0.2) is 4.68 Å². The van der Waals surface area contributed by atoms with Crippen molar-refractivity contribution in [2.75, 3.05) is 6.54 Å². The summed E-state index contributed by atoms with van der Waals surface area (Å²) in [7, 11) is 0. The van der Waals surface area contributed by atoms with Gasteiger partial charge < -0.3 is 4.90 Å². The zero-order chi connectivity index (χ0) is 17.2. The number of halogens is 1. The lowest BCUT2D eigenvalue weighted by atomic mass is 10.00. The van der Waals surface area contributed by atoms with Crippen LogP contribution in [0.15, 0.2) is 54.7 Å². The first-order chi connectivity index (χ1) is 12.2. The smallest absolute Gasteiger partial charge is 0.276 e. The van der Waals surface area contributed by atoms with Gasteiger partial charge in [0.15, 0.2) is 5.69 Å². The minimum absolute atomic E-state index is 0.0724. The Kier molecular flexibility index (Phi) is 4.24. The van der Waals surface area contributed by atoms with Crippen molar-refractivity contribution in [3.05, 3.63) is 82.1 Å². The molecule has 0 N–H and O–H groups in total. The van der Waals surface area contributed by atoms with Gasteiger partial charge >= 0.3 is 0 Å². The molecular weight excluding hydrogens is 336 g/mol. The molecule has 3 aromatic rings. The fourth-order valence-corrected chi connectivity index (χ4v) is 3.21. The number of hydrogen-bond donors (Lipinski definition) is 0. The van der Waals surface area contributed by atoms with Crippen LogP contribution in [-0.2, 0) is 19.5 Å². The Bertz CT molecular complexity index is 904. The van der Waals surface area contributed by atoms with E-state index in [1.54, 1.807) is 10.9 Å². The number of carbonyl (C=O) groups excluding carboxylic acids is 1. The van der Waals surface area contributed by atoms with Crippen LogP contribution in [0.5, 0.6) is 0 Å². The summed E-state index contributed by atoms with van der Waals surface area (Å²) in [6.45, 7) is 1.89. The Labute approximate surface area is 150 Å². The number of hydrogen-bond acceptors (Lipinski definition) is 3. The van der Waals surface area contributed by atoms with Crippen LogP contribution in [0.2, 0.25) is 5.02 Å². The van der Waals surface area contributed by atoms with Crippen LogP contribution in [-0.4, -0.2) is 32.3 Å². The summed E-state index contributed by atoms with van der Waals surface area (Å²) < 4.78 is 1.67. The van der Waals surface area contributed by atoms with E-state index in [4.69, 9.17) is 11.6 Å². The van der Waals surface area contributed by atoms with Crippen molar-refractivity contribution in [1.82, 2.24) is 19.9 Å². The standard InChI is InChI=1S/C19H17ClN4O/c20-17-7-5-14(6-8-17)11-24-13-18(21-22-24)19(25)23-10-9-15-3-1-2-4-16(15)12-23/h1-8,13H,9-12H2. The second-order valence-electron chi connectivity index (χ2n) is 6.17. The summed E-state index contributed by atoms with van der Waals surface area (Å²) in [5, 5.41) is 8.83. The van der Waals surface area contributed by atoms with E-state index >= 15 is 0 Å². The molecule has 1 aliphatic heterocycles. The van der Waals surface area contributed by atoms with Crippen LogP contribution in [0, 0.1) is 0 Å². The molecular formula is C19H17ClN4O. The molecule has 0 bridgehead atoms. The highest BCUT2D eigenvalue weighted by atomic mass is 35.5. The normalized spacial score (nSPS) is 13.6. The summed E-state index contributed by atoms with van der Waals surface area (Å²) in [5.74, 6) is -0.0724. The van der Waals surface area contributed by atoms with Gasteiger partial charge in [-0.05, 0) is 35.2 Å². The summed E-state index contributed by atoms with van der Waals surface area (Å²) in [6, 6.07) is 15.8. The van der Waals surface area contributed by atoms with E-state index < -0.39 is 0 Å². The second-order valence-corrected chi connectivity index (χ2v) is 6.61. The molecule has 2 aromatic carbocycles. The minimum atomic E-state index is -0.0724. The number of rotatable bonds is 3. The number of benzene rings is 2. The summed E-state index contributed by atoms with van der Waals surface area (Å²) in [6.07, 6.45) is 2.58. The van der Waals surface area contributed by atoms with Gasteiger partial charge in [0.2, 0.25) is 0 Å². The molecule has 0 saturated carbocycles. The molecule has 0 saturated heterocycles. The Hall–Kier alpha value is -2.66. The zero-order valence-electron chi connectivity index (χ0n) is 13.6. The van der Waals surface area contributed by atoms with Gasteiger partial charge in [0.25, 0.3) is 5.91 Å². The molecule has 126 valence electrons. The molecule has 0 spiro atoms. The molecule has 1 aromatic heterocycles. The SMILES string of the molecule is O=C(c1cn(Cc2ccc(Cl)cc2)nn1)N1CCc2ccccc2C1. The van der Waals surface area contributed by atoms with E-state index in [1.807, 2.05) is 41.3 Å². The predicted octanol–water partition coefficient (Wildman–Crippen LogP) is 3.18. The average Bonchev–Trinajstić information content (AvgIpc) is 3.11. The minimum Gasteiger partial charge on any atom is -0.333 e. The molecule has 0 aliphatic carbocycles. The third-order valence-corrected chi connectivity index (χ3v) is 4.69. The van der Waals surface area contributed by atoms with Crippen molar-refractivity contribution in [2.24, 2.45) is 0 Å². The number of amides is 1. The quantitative estimate of drug-likeness (QED) is 0.727. The molecule has 0 unspecified atom stereocenters. The van der Waals surface area contributed by atoms with Gasteiger partial charge in [0.1, 0.15) is 0 Å². The van der Waals surface area contributed by atoms with E-state index in [9.17, 15) is 4.79 Å². The van der Waals surface area contributed by atoms with E-state index in [2.05, 4.69) is 22.4 Å². The van der Waals surface area contributed by atoms with Crippen LogP contribution >= 0.6 is 11.6 Å². The van der Waals surface area contributed by atoms with Gasteiger partial charge in [-0.1, -0.05) is 53.2 Å². The highest BCUT2D eigenvalue weighted by Crippen LogP contribution is 2.20. The summed E-state index contributed by atoms with van der Waals surface area (Å²) in [4.78, 5) is 14.5. The average molecular weight is 353 g/mol. The molecule has 0 atom stereocenters. The monoisotopic (exact) mass is 352 g/mol. The second kappa shape index (κ2) is 6.69. The highest BCUT2D eigenvalue weighted by Gasteiger charge is 2.23. The van der Waals surface area contributed by atoms with Crippen LogP contribution in [0.3, 0.4) is 0 Å². The van der Waals surface area contributed by atoms with Crippen molar-refractivity contribution in [3.63, 3.8) is 0 Å². The fourth-order valence-electron chi connectivity index (χ4n) is 3.08. The van der Waals surface area contributed by atoms with Crippen LogP contribution in [0.1, 0.15) is 27.2 Å². The largest absolute Gasteiger partial charge is 0.333 e. The van der Waals surface area contributed by atoms with Gasteiger partial charge in [-0.2, -0.15) is 0 Å².